The third-order valence-electron chi connectivity index (χ3n) is 1.71. The summed E-state index contributed by atoms with van der Waals surface area (Å²) in [6.45, 7) is 1.75. The van der Waals surface area contributed by atoms with Crippen molar-refractivity contribution in [3.05, 3.63) is 29.8 Å². The van der Waals surface area contributed by atoms with Gasteiger partial charge in [-0.05, 0) is 25.1 Å². The van der Waals surface area contributed by atoms with E-state index in [4.69, 9.17) is 6.42 Å². The van der Waals surface area contributed by atoms with E-state index in [9.17, 15) is 4.79 Å². The summed E-state index contributed by atoms with van der Waals surface area (Å²) in [5.41, 5.74) is 0.569. The lowest BCUT2D eigenvalue weighted by molar-refractivity contribution is 0.0948. The molecule has 14 heavy (non-hydrogen) atoms. The predicted octanol–water partition coefficient (Wildman–Crippen LogP) is 1.73. The van der Waals surface area contributed by atoms with Crippen molar-refractivity contribution in [2.24, 2.45) is 0 Å². The van der Waals surface area contributed by atoms with Gasteiger partial charge in [0.05, 0.1) is 6.04 Å². The Morgan fingerprint density at radius 2 is 2.36 bits per heavy atom. The molecule has 0 heterocycles. The lowest BCUT2D eigenvalue weighted by Crippen LogP contribution is -2.31. The zero-order valence-electron chi connectivity index (χ0n) is 7.82. The lowest BCUT2D eigenvalue weighted by Gasteiger charge is -2.07. The molecule has 0 bridgehead atoms. The van der Waals surface area contributed by atoms with E-state index in [0.717, 1.165) is 4.90 Å². The maximum absolute atomic E-state index is 11.5. The molecule has 0 saturated carbocycles. The second-order valence-electron chi connectivity index (χ2n) is 2.91. The van der Waals surface area contributed by atoms with E-state index in [1.165, 1.54) is 0 Å². The van der Waals surface area contributed by atoms with Crippen molar-refractivity contribution in [2.45, 2.75) is 17.9 Å². The minimum absolute atomic E-state index is 0.175. The number of thiol groups is 1. The van der Waals surface area contributed by atoms with Crippen LogP contribution in [0.15, 0.2) is 29.2 Å². The number of terminal acetylenes is 1. The molecule has 0 aliphatic rings. The lowest BCUT2D eigenvalue weighted by atomic mass is 10.2. The Kier molecular flexibility index (Phi) is 3.61. The summed E-state index contributed by atoms with van der Waals surface area (Å²) in [5, 5.41) is 2.66. The van der Waals surface area contributed by atoms with Crippen LogP contribution in [0.25, 0.3) is 0 Å². The van der Waals surface area contributed by atoms with Gasteiger partial charge in [0.25, 0.3) is 5.91 Å². The van der Waals surface area contributed by atoms with Crippen molar-refractivity contribution >= 4 is 18.5 Å². The molecular weight excluding hydrogens is 194 g/mol. The molecule has 1 rings (SSSR count). The molecule has 72 valence electrons. The molecule has 0 aliphatic heterocycles. The fourth-order valence-electron chi connectivity index (χ4n) is 0.969. The van der Waals surface area contributed by atoms with Crippen LogP contribution in [0.3, 0.4) is 0 Å². The van der Waals surface area contributed by atoms with Gasteiger partial charge in [-0.3, -0.25) is 4.79 Å². The number of hydrogen-bond acceptors (Lipinski definition) is 2. The van der Waals surface area contributed by atoms with E-state index in [0.29, 0.717) is 5.56 Å². The molecule has 1 aromatic rings. The van der Waals surface area contributed by atoms with Crippen molar-refractivity contribution in [1.29, 1.82) is 0 Å². The van der Waals surface area contributed by atoms with Crippen molar-refractivity contribution in [1.82, 2.24) is 5.32 Å². The van der Waals surface area contributed by atoms with Crippen LogP contribution in [0.2, 0.25) is 0 Å². The first-order valence-electron chi connectivity index (χ1n) is 4.19. The summed E-state index contributed by atoms with van der Waals surface area (Å²) in [6.07, 6.45) is 5.15. The van der Waals surface area contributed by atoms with Crippen molar-refractivity contribution in [3.63, 3.8) is 0 Å². The quantitative estimate of drug-likeness (QED) is 0.559. The zero-order valence-corrected chi connectivity index (χ0v) is 8.71. The largest absolute Gasteiger partial charge is 0.339 e. The highest BCUT2D eigenvalue weighted by Crippen LogP contribution is 2.08. The van der Waals surface area contributed by atoms with Crippen molar-refractivity contribution < 1.29 is 4.79 Å². The average molecular weight is 205 g/mol. The van der Waals surface area contributed by atoms with Crippen LogP contribution in [-0.4, -0.2) is 11.9 Å². The van der Waals surface area contributed by atoms with Gasteiger partial charge in [-0.15, -0.1) is 19.1 Å². The van der Waals surface area contributed by atoms with Crippen LogP contribution in [0.4, 0.5) is 0 Å². The van der Waals surface area contributed by atoms with Crippen molar-refractivity contribution in [2.75, 3.05) is 0 Å². The Labute approximate surface area is 89.1 Å². The number of rotatable bonds is 2. The number of nitrogens with one attached hydrogen (secondary N) is 1. The van der Waals surface area contributed by atoms with Gasteiger partial charge in [-0.25, -0.2) is 0 Å². The highest BCUT2D eigenvalue weighted by atomic mass is 32.1. The van der Waals surface area contributed by atoms with Gasteiger partial charge in [-0.1, -0.05) is 12.0 Å². The van der Waals surface area contributed by atoms with Crippen LogP contribution in [-0.2, 0) is 0 Å². The van der Waals surface area contributed by atoms with Gasteiger partial charge in [0.1, 0.15) is 0 Å². The van der Waals surface area contributed by atoms with Gasteiger partial charge in [-0.2, -0.15) is 0 Å². The summed E-state index contributed by atoms with van der Waals surface area (Å²) in [5.74, 6) is 2.25. The smallest absolute Gasteiger partial charge is 0.252 e. The van der Waals surface area contributed by atoms with Crippen LogP contribution in [0, 0.1) is 12.3 Å². The SMILES string of the molecule is C#CC(C)NC(=O)c1cccc(S)c1. The van der Waals surface area contributed by atoms with Gasteiger partial charge in [0, 0.05) is 10.5 Å². The second kappa shape index (κ2) is 4.73. The molecule has 3 heteroatoms. The summed E-state index contributed by atoms with van der Waals surface area (Å²) in [7, 11) is 0. The third-order valence-corrected chi connectivity index (χ3v) is 1.98. The van der Waals surface area contributed by atoms with Crippen LogP contribution >= 0.6 is 12.6 Å². The number of hydrogen-bond donors (Lipinski definition) is 2. The summed E-state index contributed by atoms with van der Waals surface area (Å²) in [4.78, 5) is 12.3. The van der Waals surface area contributed by atoms with E-state index in [2.05, 4.69) is 23.9 Å². The molecule has 0 aliphatic carbocycles. The standard InChI is InChI=1S/C11H11NOS/c1-3-8(2)12-11(13)9-5-4-6-10(14)7-9/h1,4-8,14H,2H3,(H,12,13). The zero-order chi connectivity index (χ0) is 10.6. The Hall–Kier alpha value is -1.40. The van der Waals surface area contributed by atoms with E-state index in [-0.39, 0.29) is 11.9 Å². The Balaban J connectivity index is 2.76. The Morgan fingerprint density at radius 3 is 2.93 bits per heavy atom. The minimum Gasteiger partial charge on any atom is -0.339 e. The van der Waals surface area contributed by atoms with Gasteiger partial charge >= 0.3 is 0 Å². The number of carbonyl (C=O) groups excluding carboxylic acids is 1. The van der Waals surface area contributed by atoms with Crippen LogP contribution in [0.5, 0.6) is 0 Å². The minimum atomic E-state index is -0.258. The molecule has 0 aromatic heterocycles. The average Bonchev–Trinajstić information content (AvgIpc) is 2.17. The maximum Gasteiger partial charge on any atom is 0.252 e. The summed E-state index contributed by atoms with van der Waals surface area (Å²) in [6, 6.07) is 6.74. The predicted molar refractivity (Wildman–Crippen MR) is 59.5 cm³/mol. The topological polar surface area (TPSA) is 29.1 Å². The van der Waals surface area contributed by atoms with Gasteiger partial charge in [0.15, 0.2) is 0 Å². The first-order chi connectivity index (χ1) is 6.63. The first-order valence-corrected chi connectivity index (χ1v) is 4.64. The van der Waals surface area contributed by atoms with Gasteiger partial charge < -0.3 is 5.32 Å². The normalized spacial score (nSPS) is 11.5. The molecule has 0 fully saturated rings. The van der Waals surface area contributed by atoms with Crippen molar-refractivity contribution in [3.8, 4) is 12.3 Å². The first kappa shape index (κ1) is 10.7. The fourth-order valence-corrected chi connectivity index (χ4v) is 1.19. The van der Waals surface area contributed by atoms with E-state index < -0.39 is 0 Å². The molecule has 1 unspecified atom stereocenters. The number of carbonyl (C=O) groups is 1. The molecule has 1 aromatic carbocycles. The van der Waals surface area contributed by atoms with E-state index in [1.54, 1.807) is 25.1 Å². The van der Waals surface area contributed by atoms with E-state index >= 15 is 0 Å². The third kappa shape index (κ3) is 2.82. The summed E-state index contributed by atoms with van der Waals surface area (Å²) >= 11 is 4.14. The van der Waals surface area contributed by atoms with Crippen LogP contribution < -0.4 is 5.32 Å². The molecular formula is C11H11NOS. The highest BCUT2D eigenvalue weighted by Gasteiger charge is 2.07. The monoisotopic (exact) mass is 205 g/mol. The number of amides is 1. The second-order valence-corrected chi connectivity index (χ2v) is 3.43. The molecule has 1 amide bonds. The molecule has 1 N–H and O–H groups in total. The Bertz CT molecular complexity index is 381. The van der Waals surface area contributed by atoms with E-state index in [1.807, 2.05) is 6.07 Å². The fraction of sp³-hybridized carbons (Fsp3) is 0.182. The molecule has 0 radical (unpaired) electrons. The molecule has 0 spiro atoms. The number of benzene rings is 1. The maximum atomic E-state index is 11.5. The van der Waals surface area contributed by atoms with Crippen LogP contribution in [0.1, 0.15) is 17.3 Å². The Morgan fingerprint density at radius 1 is 1.64 bits per heavy atom. The molecule has 2 nitrogen and oxygen atoms in total. The van der Waals surface area contributed by atoms with Gasteiger partial charge in [0.2, 0.25) is 0 Å². The highest BCUT2D eigenvalue weighted by molar-refractivity contribution is 7.80. The molecule has 1 atom stereocenters. The summed E-state index contributed by atoms with van der Waals surface area (Å²) < 4.78 is 0. The molecule has 0 saturated heterocycles.